The lowest BCUT2D eigenvalue weighted by atomic mass is 9.98. The number of nitrogens with zero attached hydrogens (tertiary/aromatic N) is 3. The Bertz CT molecular complexity index is 470. The summed E-state index contributed by atoms with van der Waals surface area (Å²) >= 11 is 1.11. The van der Waals surface area contributed by atoms with Crippen molar-refractivity contribution < 1.29 is 14.3 Å². The van der Waals surface area contributed by atoms with Gasteiger partial charge in [-0.15, -0.1) is 4.37 Å². The van der Waals surface area contributed by atoms with Crippen LogP contribution in [0.2, 0.25) is 0 Å². The first-order chi connectivity index (χ1) is 10.0. The van der Waals surface area contributed by atoms with Crippen molar-refractivity contribution >= 4 is 23.5 Å². The molecule has 7 heteroatoms. The van der Waals surface area contributed by atoms with Gasteiger partial charge in [0.2, 0.25) is 5.82 Å². The molecule has 2 rings (SSSR count). The average Bonchev–Trinajstić information content (AvgIpc) is 2.87. The minimum atomic E-state index is -0.678. The molecule has 0 radical (unpaired) electrons. The molecule has 3 unspecified atom stereocenters. The van der Waals surface area contributed by atoms with Crippen molar-refractivity contribution in [3.05, 3.63) is 0 Å². The smallest absolute Gasteiger partial charge is 0.347 e. The Morgan fingerprint density at radius 3 is 2.67 bits per heavy atom. The second-order valence-electron chi connectivity index (χ2n) is 5.44. The summed E-state index contributed by atoms with van der Waals surface area (Å²) in [7, 11) is 0. The summed E-state index contributed by atoms with van der Waals surface area (Å²) in [6.07, 6.45) is 2.82. The lowest BCUT2D eigenvalue weighted by Crippen LogP contribution is -2.44. The van der Waals surface area contributed by atoms with Gasteiger partial charge in [0.15, 0.2) is 6.10 Å². The van der Waals surface area contributed by atoms with E-state index in [9.17, 15) is 4.79 Å². The Labute approximate surface area is 129 Å². The zero-order valence-electron chi connectivity index (χ0n) is 13.0. The third kappa shape index (κ3) is 3.64. The normalized spacial score (nSPS) is 23.7. The number of carbonyl (C=O) groups is 1. The van der Waals surface area contributed by atoms with E-state index in [0.717, 1.165) is 30.4 Å². The van der Waals surface area contributed by atoms with Gasteiger partial charge in [-0.1, -0.05) is 0 Å². The largest absolute Gasteiger partial charge is 0.463 e. The van der Waals surface area contributed by atoms with Crippen LogP contribution in [0.15, 0.2) is 0 Å². The highest BCUT2D eigenvalue weighted by Gasteiger charge is 2.31. The van der Waals surface area contributed by atoms with Crippen molar-refractivity contribution in [3.8, 4) is 5.88 Å². The molecule has 1 fully saturated rings. The van der Waals surface area contributed by atoms with Crippen molar-refractivity contribution in [1.29, 1.82) is 0 Å². The van der Waals surface area contributed by atoms with E-state index in [2.05, 4.69) is 27.5 Å². The number of hydrogen-bond donors (Lipinski definition) is 0. The van der Waals surface area contributed by atoms with Gasteiger partial charge in [0.25, 0.3) is 5.88 Å². The fourth-order valence-electron chi connectivity index (χ4n) is 2.72. The first-order valence-corrected chi connectivity index (χ1v) is 8.21. The van der Waals surface area contributed by atoms with Gasteiger partial charge in [-0.2, -0.15) is 4.37 Å². The molecule has 118 valence electrons. The van der Waals surface area contributed by atoms with Gasteiger partial charge in [-0.3, -0.25) is 0 Å². The summed E-state index contributed by atoms with van der Waals surface area (Å²) in [5, 5.41) is 0. The van der Waals surface area contributed by atoms with Crippen LogP contribution in [0.5, 0.6) is 5.88 Å². The van der Waals surface area contributed by atoms with Crippen LogP contribution in [-0.4, -0.2) is 39.5 Å². The van der Waals surface area contributed by atoms with E-state index in [0.29, 0.717) is 24.6 Å². The van der Waals surface area contributed by atoms with Crippen molar-refractivity contribution in [2.75, 3.05) is 11.5 Å². The van der Waals surface area contributed by atoms with Gasteiger partial charge in [-0.25, -0.2) is 4.79 Å². The molecule has 0 saturated carbocycles. The molecule has 3 atom stereocenters. The van der Waals surface area contributed by atoms with E-state index in [1.165, 1.54) is 6.42 Å². The third-order valence-corrected chi connectivity index (χ3v) is 4.29. The molecule has 21 heavy (non-hydrogen) atoms. The number of aromatic nitrogens is 2. The van der Waals surface area contributed by atoms with Crippen molar-refractivity contribution in [2.45, 2.75) is 65.1 Å². The third-order valence-electron chi connectivity index (χ3n) is 3.79. The number of carbonyl (C=O) groups excluding carboxylic acids is 1. The fraction of sp³-hybridized carbons (Fsp3) is 0.786. The molecule has 1 aliphatic rings. The summed E-state index contributed by atoms with van der Waals surface area (Å²) < 4.78 is 19.2. The molecule has 0 N–H and O–H groups in total. The number of ether oxygens (including phenoxy) is 2. The minimum Gasteiger partial charge on any atom is -0.463 e. The summed E-state index contributed by atoms with van der Waals surface area (Å²) in [6.45, 7) is 8.16. The molecule has 1 aliphatic heterocycles. The lowest BCUT2D eigenvalue weighted by Gasteiger charge is -2.39. The molecule has 0 aliphatic carbocycles. The Kier molecular flexibility index (Phi) is 5.39. The Balaban J connectivity index is 2.12. The zero-order chi connectivity index (χ0) is 15.4. The maximum atomic E-state index is 11.7. The van der Waals surface area contributed by atoms with Gasteiger partial charge in [-0.05, 0) is 47.0 Å². The van der Waals surface area contributed by atoms with E-state index in [1.807, 2.05) is 0 Å². The molecule has 0 amide bonds. The summed E-state index contributed by atoms with van der Waals surface area (Å²) in [4.78, 5) is 13.9. The van der Waals surface area contributed by atoms with Gasteiger partial charge < -0.3 is 14.4 Å². The molecule has 1 saturated heterocycles. The van der Waals surface area contributed by atoms with Crippen LogP contribution >= 0.6 is 11.7 Å². The average molecular weight is 313 g/mol. The number of esters is 1. The standard InChI is InChI=1S/C14H23N3O3S/c1-5-19-14(18)11(4)20-13-12(15-21-16-13)17-9(2)7-6-8-10(17)3/h9-11H,5-8H2,1-4H3. The first-order valence-electron chi connectivity index (χ1n) is 7.48. The molecule has 1 aromatic heterocycles. The van der Waals surface area contributed by atoms with Crippen LogP contribution in [0.1, 0.15) is 47.0 Å². The predicted molar refractivity (Wildman–Crippen MR) is 81.9 cm³/mol. The molecule has 0 spiro atoms. The minimum absolute atomic E-state index is 0.342. The van der Waals surface area contributed by atoms with E-state index in [4.69, 9.17) is 9.47 Å². The second kappa shape index (κ2) is 7.06. The molecule has 0 bridgehead atoms. The molecule has 1 aromatic rings. The number of piperidine rings is 1. The summed E-state index contributed by atoms with van der Waals surface area (Å²) in [6, 6.07) is 0.802. The van der Waals surface area contributed by atoms with Gasteiger partial charge >= 0.3 is 5.97 Å². The van der Waals surface area contributed by atoms with Gasteiger partial charge in [0, 0.05) is 12.1 Å². The SMILES string of the molecule is CCOC(=O)C(C)Oc1nsnc1N1C(C)CCCC1C. The van der Waals surface area contributed by atoms with Crippen LogP contribution in [0.3, 0.4) is 0 Å². The summed E-state index contributed by atoms with van der Waals surface area (Å²) in [5.41, 5.74) is 0. The van der Waals surface area contributed by atoms with Gasteiger partial charge in [0.1, 0.15) is 0 Å². The Hall–Kier alpha value is -1.37. The van der Waals surface area contributed by atoms with Crippen LogP contribution in [0, 0.1) is 0 Å². The highest BCUT2D eigenvalue weighted by Crippen LogP contribution is 2.34. The number of anilines is 1. The van der Waals surface area contributed by atoms with Crippen LogP contribution in [0.4, 0.5) is 5.82 Å². The van der Waals surface area contributed by atoms with E-state index >= 15 is 0 Å². The molecular weight excluding hydrogens is 290 g/mol. The zero-order valence-corrected chi connectivity index (χ0v) is 13.9. The quantitative estimate of drug-likeness (QED) is 0.779. The topological polar surface area (TPSA) is 64.5 Å². The second-order valence-corrected chi connectivity index (χ2v) is 5.97. The predicted octanol–water partition coefficient (Wildman–Crippen LogP) is 2.64. The van der Waals surface area contributed by atoms with E-state index in [-0.39, 0.29) is 5.97 Å². The van der Waals surface area contributed by atoms with E-state index < -0.39 is 6.10 Å². The van der Waals surface area contributed by atoms with Crippen molar-refractivity contribution in [1.82, 2.24) is 8.75 Å². The molecule has 2 heterocycles. The van der Waals surface area contributed by atoms with Crippen molar-refractivity contribution in [2.24, 2.45) is 0 Å². The van der Waals surface area contributed by atoms with Crippen LogP contribution in [-0.2, 0) is 9.53 Å². The number of hydrogen-bond acceptors (Lipinski definition) is 7. The molecule has 6 nitrogen and oxygen atoms in total. The first kappa shape index (κ1) is 16.0. The fourth-order valence-corrected chi connectivity index (χ4v) is 3.21. The highest BCUT2D eigenvalue weighted by molar-refractivity contribution is 6.99. The van der Waals surface area contributed by atoms with E-state index in [1.54, 1.807) is 13.8 Å². The Morgan fingerprint density at radius 2 is 2.05 bits per heavy atom. The summed E-state index contributed by atoms with van der Waals surface area (Å²) in [5.74, 6) is 0.799. The molecule has 0 aromatic carbocycles. The molecular formula is C14H23N3O3S. The number of rotatable bonds is 5. The highest BCUT2D eigenvalue weighted by atomic mass is 32.1. The maximum Gasteiger partial charge on any atom is 0.347 e. The maximum absolute atomic E-state index is 11.7. The van der Waals surface area contributed by atoms with Crippen LogP contribution < -0.4 is 9.64 Å². The Morgan fingerprint density at radius 1 is 1.38 bits per heavy atom. The van der Waals surface area contributed by atoms with Crippen LogP contribution in [0.25, 0.3) is 0 Å². The monoisotopic (exact) mass is 313 g/mol. The lowest BCUT2D eigenvalue weighted by molar-refractivity contribution is -0.150. The van der Waals surface area contributed by atoms with Gasteiger partial charge in [0.05, 0.1) is 18.3 Å². The van der Waals surface area contributed by atoms with Crippen molar-refractivity contribution in [3.63, 3.8) is 0 Å².